The van der Waals surface area contributed by atoms with E-state index in [0.29, 0.717) is 19.3 Å². The van der Waals surface area contributed by atoms with Crippen molar-refractivity contribution in [2.24, 2.45) is 0 Å². The SMILES string of the molecule is CCC/C=C/CC/C=C/CC/C=C/C(O)C(COC1OC(CO)C(O)C(O)C1O)NC(=O)C(O)CCCCCCCCCCCCCCCCCCCCCCC. The van der Waals surface area contributed by atoms with E-state index in [1.807, 2.05) is 6.08 Å². The molecule has 0 bridgehead atoms. The second kappa shape index (κ2) is 37.4. The molecule has 7 N–H and O–H groups in total. The number of carbonyl (C=O) groups is 1. The lowest BCUT2D eigenvalue weighted by Crippen LogP contribution is -2.60. The number of aliphatic hydroxyl groups excluding tert-OH is 6. The van der Waals surface area contributed by atoms with Crippen molar-refractivity contribution < 1.29 is 44.9 Å². The van der Waals surface area contributed by atoms with Crippen molar-refractivity contribution in [1.82, 2.24) is 5.32 Å². The Morgan fingerprint density at radius 2 is 1.04 bits per heavy atom. The number of hydrogen-bond donors (Lipinski definition) is 7. The summed E-state index contributed by atoms with van der Waals surface area (Å²) in [5.74, 6) is -0.631. The molecule has 1 heterocycles. The first kappa shape index (κ1) is 53.4. The van der Waals surface area contributed by atoms with Crippen LogP contribution in [0.2, 0.25) is 0 Å². The number of nitrogens with one attached hydrogen (secondary N) is 1. The van der Waals surface area contributed by atoms with Gasteiger partial charge >= 0.3 is 0 Å². The summed E-state index contributed by atoms with van der Waals surface area (Å²) in [5.41, 5.74) is 0. The van der Waals surface area contributed by atoms with Gasteiger partial charge in [-0.1, -0.05) is 192 Å². The van der Waals surface area contributed by atoms with E-state index >= 15 is 0 Å². The average Bonchev–Trinajstić information content (AvgIpc) is 3.21. The highest BCUT2D eigenvalue weighted by Gasteiger charge is 2.44. The number of amides is 1. The normalized spacial score (nSPS) is 21.9. The van der Waals surface area contributed by atoms with Crippen LogP contribution in [0.4, 0.5) is 0 Å². The Hall–Kier alpha value is -1.63. The van der Waals surface area contributed by atoms with Crippen LogP contribution in [0.1, 0.15) is 194 Å². The fourth-order valence-electron chi connectivity index (χ4n) is 7.20. The van der Waals surface area contributed by atoms with Crippen molar-refractivity contribution in [3.05, 3.63) is 36.5 Å². The van der Waals surface area contributed by atoms with E-state index in [9.17, 15) is 35.4 Å². The molecule has 57 heavy (non-hydrogen) atoms. The van der Waals surface area contributed by atoms with Crippen LogP contribution in [-0.4, -0.2) is 98.7 Å². The molecule has 0 aromatic rings. The summed E-state index contributed by atoms with van der Waals surface area (Å²) in [7, 11) is 0. The maximum absolute atomic E-state index is 13.0. The summed E-state index contributed by atoms with van der Waals surface area (Å²) in [6.07, 6.45) is 35.3. The average molecular weight is 810 g/mol. The van der Waals surface area contributed by atoms with Gasteiger partial charge in [0.25, 0.3) is 0 Å². The third-order valence-corrected chi connectivity index (χ3v) is 11.0. The van der Waals surface area contributed by atoms with Gasteiger partial charge in [0, 0.05) is 0 Å². The lowest BCUT2D eigenvalue weighted by molar-refractivity contribution is -0.302. The Kier molecular flexibility index (Phi) is 35.0. The standard InChI is InChI=1S/C47H87NO9/c1-3-5-7-9-11-13-15-16-17-18-19-20-21-22-23-24-26-28-30-32-34-36-41(51)46(55)48-39(38-56-47-45(54)44(53)43(52)42(37-49)57-47)40(50)35-33-31-29-27-25-14-12-10-8-6-4-2/h8,10,25,27,33,35,39-45,47,49-54H,3-7,9,11-24,26,28-32,34,36-38H2,1-2H3,(H,48,55)/b10-8+,27-25+,35-33+. The Morgan fingerprint density at radius 3 is 1.49 bits per heavy atom. The third-order valence-electron chi connectivity index (χ3n) is 11.0. The summed E-state index contributed by atoms with van der Waals surface area (Å²) in [6, 6.07) is -0.999. The van der Waals surface area contributed by atoms with Gasteiger partial charge in [-0.3, -0.25) is 4.79 Å². The van der Waals surface area contributed by atoms with E-state index in [0.717, 1.165) is 51.4 Å². The number of rotatable bonds is 38. The molecule has 0 spiro atoms. The van der Waals surface area contributed by atoms with Crippen LogP contribution in [0.3, 0.4) is 0 Å². The highest BCUT2D eigenvalue weighted by atomic mass is 16.7. The summed E-state index contributed by atoms with van der Waals surface area (Å²) < 4.78 is 11.1. The molecule has 1 aliphatic heterocycles. The van der Waals surface area contributed by atoms with Gasteiger partial charge in [0.1, 0.15) is 30.5 Å². The molecule has 1 amide bonds. The highest BCUT2D eigenvalue weighted by Crippen LogP contribution is 2.23. The predicted octanol–water partition coefficient (Wildman–Crippen LogP) is 8.64. The second-order valence-electron chi connectivity index (χ2n) is 16.3. The van der Waals surface area contributed by atoms with Crippen LogP contribution in [-0.2, 0) is 14.3 Å². The largest absolute Gasteiger partial charge is 0.394 e. The summed E-state index contributed by atoms with van der Waals surface area (Å²) in [4.78, 5) is 13.0. The van der Waals surface area contributed by atoms with Crippen molar-refractivity contribution in [2.75, 3.05) is 13.2 Å². The first-order valence-corrected chi connectivity index (χ1v) is 23.3. The lowest BCUT2D eigenvalue weighted by atomic mass is 9.99. The molecule has 10 heteroatoms. The van der Waals surface area contributed by atoms with Gasteiger partial charge in [0.15, 0.2) is 6.29 Å². The molecule has 0 aliphatic carbocycles. The van der Waals surface area contributed by atoms with Crippen LogP contribution in [0, 0.1) is 0 Å². The predicted molar refractivity (Wildman–Crippen MR) is 232 cm³/mol. The molecule has 8 atom stereocenters. The molecule has 1 aliphatic rings. The minimum absolute atomic E-state index is 0.303. The molecule has 0 aromatic carbocycles. The minimum Gasteiger partial charge on any atom is -0.394 e. The highest BCUT2D eigenvalue weighted by molar-refractivity contribution is 5.80. The molecule has 1 rings (SSSR count). The zero-order valence-corrected chi connectivity index (χ0v) is 36.2. The molecule has 0 aromatic heterocycles. The van der Waals surface area contributed by atoms with E-state index in [2.05, 4.69) is 43.5 Å². The summed E-state index contributed by atoms with van der Waals surface area (Å²) >= 11 is 0. The number of allylic oxidation sites excluding steroid dienone is 5. The molecule has 334 valence electrons. The molecular weight excluding hydrogens is 723 g/mol. The molecule has 1 saturated heterocycles. The van der Waals surface area contributed by atoms with E-state index in [4.69, 9.17) is 9.47 Å². The van der Waals surface area contributed by atoms with Gasteiger partial charge in [-0.05, 0) is 38.5 Å². The fourth-order valence-corrected chi connectivity index (χ4v) is 7.20. The van der Waals surface area contributed by atoms with E-state index in [1.54, 1.807) is 6.08 Å². The number of aliphatic hydroxyl groups is 6. The zero-order chi connectivity index (χ0) is 41.8. The molecule has 0 saturated carbocycles. The minimum atomic E-state index is -1.62. The number of ether oxygens (including phenoxy) is 2. The van der Waals surface area contributed by atoms with Gasteiger partial charge in [-0.15, -0.1) is 0 Å². The summed E-state index contributed by atoms with van der Waals surface area (Å²) in [5, 5.41) is 64.5. The maximum atomic E-state index is 13.0. The van der Waals surface area contributed by atoms with Crippen LogP contribution in [0.25, 0.3) is 0 Å². The Morgan fingerprint density at radius 1 is 0.596 bits per heavy atom. The zero-order valence-electron chi connectivity index (χ0n) is 36.2. The first-order chi connectivity index (χ1) is 27.8. The molecule has 8 unspecified atom stereocenters. The number of hydrogen-bond acceptors (Lipinski definition) is 9. The number of carbonyl (C=O) groups excluding carboxylic acids is 1. The Bertz CT molecular complexity index is 1010. The van der Waals surface area contributed by atoms with Gasteiger partial charge < -0.3 is 45.4 Å². The van der Waals surface area contributed by atoms with E-state index in [-0.39, 0.29) is 6.61 Å². The molecule has 1 fully saturated rings. The lowest BCUT2D eigenvalue weighted by Gasteiger charge is -2.40. The smallest absolute Gasteiger partial charge is 0.249 e. The van der Waals surface area contributed by atoms with Crippen molar-refractivity contribution in [1.29, 1.82) is 0 Å². The maximum Gasteiger partial charge on any atom is 0.249 e. The van der Waals surface area contributed by atoms with Crippen LogP contribution < -0.4 is 5.32 Å². The van der Waals surface area contributed by atoms with Crippen LogP contribution in [0.5, 0.6) is 0 Å². The van der Waals surface area contributed by atoms with Crippen molar-refractivity contribution in [3.63, 3.8) is 0 Å². The van der Waals surface area contributed by atoms with Crippen molar-refractivity contribution >= 4 is 5.91 Å². The quantitative estimate of drug-likeness (QED) is 0.0239. The fraction of sp³-hybridized carbons (Fsp3) is 0.851. The Labute approximate surface area is 347 Å². The Balaban J connectivity index is 2.34. The number of unbranched alkanes of at least 4 members (excludes halogenated alkanes) is 23. The third kappa shape index (κ3) is 27.7. The monoisotopic (exact) mass is 810 g/mol. The second-order valence-corrected chi connectivity index (χ2v) is 16.3. The van der Waals surface area contributed by atoms with E-state index < -0.39 is 61.5 Å². The van der Waals surface area contributed by atoms with Gasteiger partial charge in [0.05, 0.1) is 25.4 Å². The van der Waals surface area contributed by atoms with Crippen LogP contribution in [0.15, 0.2) is 36.5 Å². The molecule has 0 radical (unpaired) electrons. The molecule has 10 nitrogen and oxygen atoms in total. The topological polar surface area (TPSA) is 169 Å². The first-order valence-electron chi connectivity index (χ1n) is 23.3. The van der Waals surface area contributed by atoms with Crippen molar-refractivity contribution in [3.8, 4) is 0 Å². The van der Waals surface area contributed by atoms with E-state index in [1.165, 1.54) is 109 Å². The van der Waals surface area contributed by atoms with Crippen LogP contribution >= 0.6 is 0 Å². The van der Waals surface area contributed by atoms with Gasteiger partial charge in [-0.25, -0.2) is 0 Å². The van der Waals surface area contributed by atoms with Crippen molar-refractivity contribution in [2.45, 2.75) is 243 Å². The summed E-state index contributed by atoms with van der Waals surface area (Å²) in [6.45, 7) is 3.51. The molecular formula is C47H87NO9. The van der Waals surface area contributed by atoms with Gasteiger partial charge in [-0.2, -0.15) is 0 Å². The van der Waals surface area contributed by atoms with Gasteiger partial charge in [0.2, 0.25) is 5.91 Å².